The van der Waals surface area contributed by atoms with E-state index in [2.05, 4.69) is 15.0 Å². The van der Waals surface area contributed by atoms with E-state index in [0.29, 0.717) is 16.3 Å². The summed E-state index contributed by atoms with van der Waals surface area (Å²) in [6.07, 6.45) is 0. The van der Waals surface area contributed by atoms with Crippen LogP contribution in [0.15, 0.2) is 24.3 Å². The molecule has 1 amide bonds. The molecule has 2 N–H and O–H groups in total. The van der Waals surface area contributed by atoms with Gasteiger partial charge in [-0.15, -0.1) is 0 Å². The number of hydrogen-bond donors (Lipinski definition) is 2. The summed E-state index contributed by atoms with van der Waals surface area (Å²) in [5, 5.41) is 3.16. The van der Waals surface area contributed by atoms with Crippen LogP contribution in [0.4, 0.5) is 0 Å². The Hall–Kier alpha value is -2.80. The Bertz CT molecular complexity index is 844. The topological polar surface area (TPSA) is 97.5 Å². The van der Waals surface area contributed by atoms with E-state index < -0.39 is 24.5 Å². The average molecular weight is 379 g/mol. The molecule has 0 unspecified atom stereocenters. The summed E-state index contributed by atoms with van der Waals surface area (Å²) >= 11 is 6.01. The highest BCUT2D eigenvalue weighted by molar-refractivity contribution is 6.31. The number of aromatic nitrogens is 1. The lowest BCUT2D eigenvalue weighted by Gasteiger charge is -2.08. The number of esters is 2. The molecule has 0 atom stereocenters. The number of carbonyl (C=O) groups is 3. The number of aromatic amines is 1. The van der Waals surface area contributed by atoms with E-state index in [-0.39, 0.29) is 17.8 Å². The van der Waals surface area contributed by atoms with Gasteiger partial charge < -0.3 is 19.8 Å². The van der Waals surface area contributed by atoms with Gasteiger partial charge in [0.05, 0.1) is 12.7 Å². The first-order valence-electron chi connectivity index (χ1n) is 7.79. The number of methoxy groups -OCH3 is 1. The van der Waals surface area contributed by atoms with Gasteiger partial charge in [0.25, 0.3) is 5.91 Å². The molecular weight excluding hydrogens is 360 g/mol. The van der Waals surface area contributed by atoms with Gasteiger partial charge in [0, 0.05) is 17.3 Å². The third-order valence-corrected chi connectivity index (χ3v) is 4.17. The van der Waals surface area contributed by atoms with Crippen molar-refractivity contribution >= 4 is 29.4 Å². The molecule has 1 heterocycles. The normalized spacial score (nSPS) is 10.3. The van der Waals surface area contributed by atoms with Crippen LogP contribution in [-0.4, -0.2) is 36.5 Å². The number of halogens is 1. The number of rotatable bonds is 6. The third kappa shape index (κ3) is 4.43. The summed E-state index contributed by atoms with van der Waals surface area (Å²) in [6, 6.07) is 7.10. The summed E-state index contributed by atoms with van der Waals surface area (Å²) in [5.41, 5.74) is 2.05. The van der Waals surface area contributed by atoms with Gasteiger partial charge in [0.2, 0.25) is 0 Å². The van der Waals surface area contributed by atoms with Gasteiger partial charge in [-0.25, -0.2) is 9.59 Å². The highest BCUT2D eigenvalue weighted by Gasteiger charge is 2.23. The first kappa shape index (κ1) is 19.5. The fourth-order valence-electron chi connectivity index (χ4n) is 2.45. The molecule has 0 saturated heterocycles. The standard InChI is InChI=1S/C18H19ClN2O5/c1-10-15(17(23)25-3)11(2)21-16(10)18(24)26-9-14(22)20-8-12-6-4-5-7-13(12)19/h4-7,21H,8-9H2,1-3H3,(H,20,22). The smallest absolute Gasteiger partial charge is 0.355 e. The van der Waals surface area contributed by atoms with Crippen molar-refractivity contribution in [1.29, 1.82) is 0 Å². The number of amides is 1. The van der Waals surface area contributed by atoms with Gasteiger partial charge in [0.1, 0.15) is 5.69 Å². The Morgan fingerprint density at radius 3 is 2.50 bits per heavy atom. The van der Waals surface area contributed by atoms with Crippen molar-refractivity contribution in [2.24, 2.45) is 0 Å². The quantitative estimate of drug-likeness (QED) is 0.753. The maximum atomic E-state index is 12.2. The average Bonchev–Trinajstić information content (AvgIpc) is 2.92. The van der Waals surface area contributed by atoms with Gasteiger partial charge in [-0.3, -0.25) is 4.79 Å². The molecule has 7 nitrogen and oxygen atoms in total. The highest BCUT2D eigenvalue weighted by atomic mass is 35.5. The lowest BCUT2D eigenvalue weighted by molar-refractivity contribution is -0.124. The van der Waals surface area contributed by atoms with E-state index in [1.807, 2.05) is 6.07 Å². The number of nitrogens with one attached hydrogen (secondary N) is 2. The summed E-state index contributed by atoms with van der Waals surface area (Å²) in [5.74, 6) is -1.74. The molecule has 1 aromatic heterocycles. The molecule has 26 heavy (non-hydrogen) atoms. The SMILES string of the molecule is COC(=O)c1c(C)[nH]c(C(=O)OCC(=O)NCc2ccccc2Cl)c1C. The fourth-order valence-corrected chi connectivity index (χ4v) is 2.65. The number of H-pyrrole nitrogens is 1. The molecule has 0 spiro atoms. The molecule has 8 heteroatoms. The van der Waals surface area contributed by atoms with Gasteiger partial charge in [-0.05, 0) is 31.0 Å². The maximum Gasteiger partial charge on any atom is 0.355 e. The Labute approximate surface area is 155 Å². The Morgan fingerprint density at radius 1 is 1.15 bits per heavy atom. The van der Waals surface area contributed by atoms with E-state index in [1.54, 1.807) is 32.0 Å². The van der Waals surface area contributed by atoms with Crippen molar-refractivity contribution < 1.29 is 23.9 Å². The van der Waals surface area contributed by atoms with E-state index in [0.717, 1.165) is 5.56 Å². The van der Waals surface area contributed by atoms with Crippen molar-refractivity contribution in [1.82, 2.24) is 10.3 Å². The van der Waals surface area contributed by atoms with Crippen molar-refractivity contribution in [3.8, 4) is 0 Å². The predicted octanol–water partition coefficient (Wildman–Crippen LogP) is 2.54. The second kappa shape index (κ2) is 8.53. The molecule has 0 radical (unpaired) electrons. The number of hydrogen-bond acceptors (Lipinski definition) is 5. The number of aryl methyl sites for hydroxylation is 1. The second-order valence-corrected chi connectivity index (χ2v) is 5.97. The Morgan fingerprint density at radius 2 is 1.85 bits per heavy atom. The van der Waals surface area contributed by atoms with E-state index in [1.165, 1.54) is 7.11 Å². The van der Waals surface area contributed by atoms with Crippen LogP contribution in [0.25, 0.3) is 0 Å². The molecule has 0 fully saturated rings. The van der Waals surface area contributed by atoms with Crippen molar-refractivity contribution in [2.75, 3.05) is 13.7 Å². The van der Waals surface area contributed by atoms with Gasteiger partial charge in [-0.2, -0.15) is 0 Å². The van der Waals surface area contributed by atoms with E-state index in [4.69, 9.17) is 16.3 Å². The zero-order chi connectivity index (χ0) is 19.3. The van der Waals surface area contributed by atoms with Crippen LogP contribution in [0.5, 0.6) is 0 Å². The maximum absolute atomic E-state index is 12.2. The minimum absolute atomic E-state index is 0.113. The molecule has 0 aliphatic carbocycles. The van der Waals surface area contributed by atoms with Crippen molar-refractivity contribution in [3.63, 3.8) is 0 Å². The first-order valence-corrected chi connectivity index (χ1v) is 8.17. The molecule has 2 aromatic rings. The first-order chi connectivity index (χ1) is 12.3. The summed E-state index contributed by atoms with van der Waals surface area (Å²) in [7, 11) is 1.26. The molecule has 0 saturated carbocycles. The summed E-state index contributed by atoms with van der Waals surface area (Å²) < 4.78 is 9.69. The molecule has 0 aliphatic heterocycles. The van der Waals surface area contributed by atoms with Crippen molar-refractivity contribution in [2.45, 2.75) is 20.4 Å². The summed E-state index contributed by atoms with van der Waals surface area (Å²) in [4.78, 5) is 38.6. The lowest BCUT2D eigenvalue weighted by Crippen LogP contribution is -2.28. The van der Waals surface area contributed by atoms with Crippen LogP contribution in [0.2, 0.25) is 5.02 Å². The highest BCUT2D eigenvalue weighted by Crippen LogP contribution is 2.19. The number of benzene rings is 1. The van der Waals surface area contributed by atoms with Crippen LogP contribution in [0.3, 0.4) is 0 Å². The Kier molecular flexibility index (Phi) is 6.41. The van der Waals surface area contributed by atoms with Crippen LogP contribution < -0.4 is 5.32 Å². The zero-order valence-corrected chi connectivity index (χ0v) is 15.4. The number of carbonyl (C=O) groups excluding carboxylic acids is 3. The molecule has 2 rings (SSSR count). The van der Waals surface area contributed by atoms with Crippen LogP contribution >= 0.6 is 11.6 Å². The van der Waals surface area contributed by atoms with Crippen LogP contribution in [-0.2, 0) is 20.8 Å². The van der Waals surface area contributed by atoms with Gasteiger partial charge >= 0.3 is 11.9 Å². The second-order valence-electron chi connectivity index (χ2n) is 5.56. The van der Waals surface area contributed by atoms with E-state index in [9.17, 15) is 14.4 Å². The minimum Gasteiger partial charge on any atom is -0.465 e. The third-order valence-electron chi connectivity index (χ3n) is 3.80. The minimum atomic E-state index is -0.728. The van der Waals surface area contributed by atoms with Crippen molar-refractivity contribution in [3.05, 3.63) is 57.4 Å². The van der Waals surface area contributed by atoms with Crippen LogP contribution in [0.1, 0.15) is 37.7 Å². The monoisotopic (exact) mass is 378 g/mol. The van der Waals surface area contributed by atoms with Crippen LogP contribution in [0, 0.1) is 13.8 Å². The molecule has 138 valence electrons. The predicted molar refractivity (Wildman–Crippen MR) is 95.2 cm³/mol. The molecular formula is C18H19ClN2O5. The molecule has 0 bridgehead atoms. The zero-order valence-electron chi connectivity index (χ0n) is 14.6. The summed E-state index contributed by atoms with van der Waals surface area (Å²) in [6.45, 7) is 3.02. The fraction of sp³-hybridized carbons (Fsp3) is 0.278. The molecule has 0 aliphatic rings. The largest absolute Gasteiger partial charge is 0.465 e. The van der Waals surface area contributed by atoms with Gasteiger partial charge in [-0.1, -0.05) is 29.8 Å². The van der Waals surface area contributed by atoms with E-state index >= 15 is 0 Å². The lowest BCUT2D eigenvalue weighted by atomic mass is 10.1. The Balaban J connectivity index is 1.93. The number of ether oxygens (including phenoxy) is 2. The van der Waals surface area contributed by atoms with Gasteiger partial charge in [0.15, 0.2) is 6.61 Å². The molecule has 1 aromatic carbocycles.